The van der Waals surface area contributed by atoms with E-state index in [1.54, 1.807) is 0 Å². The summed E-state index contributed by atoms with van der Waals surface area (Å²) in [4.78, 5) is 12.0. The number of hydrogen-bond acceptors (Lipinski definition) is 2. The minimum atomic E-state index is -0.309. The quantitative estimate of drug-likeness (QED) is 0.690. The summed E-state index contributed by atoms with van der Waals surface area (Å²) in [6.07, 6.45) is 7.82. The van der Waals surface area contributed by atoms with Crippen molar-refractivity contribution in [3.05, 3.63) is 25.3 Å². The van der Waals surface area contributed by atoms with Gasteiger partial charge in [-0.3, -0.25) is 4.79 Å². The smallest absolute Gasteiger partial charge is 0.139 e. The molecular weight excluding hydrogens is 212 g/mol. The van der Waals surface area contributed by atoms with E-state index in [4.69, 9.17) is 0 Å². The Kier molecular flexibility index (Phi) is 5.13. The van der Waals surface area contributed by atoms with Crippen molar-refractivity contribution in [1.29, 1.82) is 0 Å². The SMILES string of the molecule is C=CCC[C@H](CO)[C@H]1CCC(=O)[C@]1(C)CC=C. The minimum absolute atomic E-state index is 0.165. The summed E-state index contributed by atoms with van der Waals surface area (Å²) >= 11 is 0. The number of carbonyl (C=O) groups excluding carboxylic acids is 1. The molecule has 1 saturated carbocycles. The van der Waals surface area contributed by atoms with Crippen molar-refractivity contribution in [2.45, 2.75) is 39.0 Å². The lowest BCUT2D eigenvalue weighted by molar-refractivity contribution is -0.127. The Bertz CT molecular complexity index is 295. The summed E-state index contributed by atoms with van der Waals surface area (Å²) in [6.45, 7) is 9.67. The lowest BCUT2D eigenvalue weighted by atomic mass is 9.69. The fourth-order valence-electron chi connectivity index (χ4n) is 3.17. The molecule has 0 aromatic heterocycles. The minimum Gasteiger partial charge on any atom is -0.396 e. The first-order chi connectivity index (χ1) is 8.10. The van der Waals surface area contributed by atoms with Crippen molar-refractivity contribution in [3.8, 4) is 0 Å². The molecule has 0 radical (unpaired) electrons. The Morgan fingerprint density at radius 2 is 2.24 bits per heavy atom. The third kappa shape index (κ3) is 2.86. The van der Waals surface area contributed by atoms with Gasteiger partial charge < -0.3 is 5.11 Å². The Morgan fingerprint density at radius 1 is 1.53 bits per heavy atom. The summed E-state index contributed by atoms with van der Waals surface area (Å²) in [5.74, 6) is 0.835. The highest BCUT2D eigenvalue weighted by atomic mass is 16.3. The number of aliphatic hydroxyl groups is 1. The number of ketones is 1. The second-order valence-electron chi connectivity index (χ2n) is 5.29. The Balaban J connectivity index is 2.82. The van der Waals surface area contributed by atoms with Crippen LogP contribution in [0.1, 0.15) is 39.0 Å². The zero-order chi connectivity index (χ0) is 12.9. The molecular formula is C15H24O2. The summed E-state index contributed by atoms with van der Waals surface area (Å²) in [5.41, 5.74) is -0.309. The van der Waals surface area contributed by atoms with Crippen molar-refractivity contribution < 1.29 is 9.90 Å². The summed E-state index contributed by atoms with van der Waals surface area (Å²) < 4.78 is 0. The van der Waals surface area contributed by atoms with E-state index < -0.39 is 0 Å². The van der Waals surface area contributed by atoms with E-state index in [1.807, 2.05) is 19.1 Å². The van der Waals surface area contributed by atoms with Crippen LogP contribution in [0.25, 0.3) is 0 Å². The van der Waals surface area contributed by atoms with Crippen LogP contribution in [0.15, 0.2) is 25.3 Å². The molecule has 0 saturated heterocycles. The lowest BCUT2D eigenvalue weighted by Crippen LogP contribution is -2.34. The molecule has 1 aliphatic carbocycles. The number of rotatable bonds is 7. The Hall–Kier alpha value is -0.890. The van der Waals surface area contributed by atoms with E-state index in [1.165, 1.54) is 0 Å². The number of carbonyl (C=O) groups is 1. The molecule has 2 nitrogen and oxygen atoms in total. The van der Waals surface area contributed by atoms with Crippen molar-refractivity contribution in [1.82, 2.24) is 0 Å². The van der Waals surface area contributed by atoms with Crippen LogP contribution in [-0.4, -0.2) is 17.5 Å². The van der Waals surface area contributed by atoms with E-state index in [-0.39, 0.29) is 23.9 Å². The fraction of sp³-hybridized carbons (Fsp3) is 0.667. The van der Waals surface area contributed by atoms with Gasteiger partial charge in [-0.2, -0.15) is 0 Å². The number of hydrogen-bond donors (Lipinski definition) is 1. The molecule has 0 spiro atoms. The van der Waals surface area contributed by atoms with Gasteiger partial charge in [-0.05, 0) is 37.5 Å². The van der Waals surface area contributed by atoms with Crippen molar-refractivity contribution in [2.24, 2.45) is 17.3 Å². The maximum absolute atomic E-state index is 12.0. The van der Waals surface area contributed by atoms with Crippen LogP contribution in [-0.2, 0) is 4.79 Å². The lowest BCUT2D eigenvalue weighted by Gasteiger charge is -2.34. The van der Waals surface area contributed by atoms with E-state index in [2.05, 4.69) is 13.2 Å². The first-order valence-electron chi connectivity index (χ1n) is 6.46. The fourth-order valence-corrected chi connectivity index (χ4v) is 3.17. The van der Waals surface area contributed by atoms with Crippen molar-refractivity contribution in [2.75, 3.05) is 6.61 Å². The van der Waals surface area contributed by atoms with Crippen LogP contribution >= 0.6 is 0 Å². The van der Waals surface area contributed by atoms with Crippen molar-refractivity contribution >= 4 is 5.78 Å². The molecule has 17 heavy (non-hydrogen) atoms. The Labute approximate surface area is 104 Å². The molecule has 0 amide bonds. The van der Waals surface area contributed by atoms with Gasteiger partial charge in [0.1, 0.15) is 5.78 Å². The molecule has 3 atom stereocenters. The summed E-state index contributed by atoms with van der Waals surface area (Å²) in [7, 11) is 0. The third-order valence-electron chi connectivity index (χ3n) is 4.25. The molecule has 0 unspecified atom stereocenters. The van der Waals surface area contributed by atoms with Gasteiger partial charge in [-0.25, -0.2) is 0 Å². The van der Waals surface area contributed by atoms with Crippen LogP contribution in [0.4, 0.5) is 0 Å². The van der Waals surface area contributed by atoms with Gasteiger partial charge in [0.25, 0.3) is 0 Å². The van der Waals surface area contributed by atoms with E-state index in [0.29, 0.717) is 12.2 Å². The van der Waals surface area contributed by atoms with Crippen LogP contribution in [0.2, 0.25) is 0 Å². The molecule has 2 heteroatoms. The highest BCUT2D eigenvalue weighted by Crippen LogP contribution is 2.48. The molecule has 0 heterocycles. The molecule has 1 fully saturated rings. The van der Waals surface area contributed by atoms with Gasteiger partial charge in [0.15, 0.2) is 0 Å². The maximum Gasteiger partial charge on any atom is 0.139 e. The standard InChI is InChI=1S/C15H24O2/c1-4-6-7-12(11-16)13-8-9-14(17)15(13,3)10-5-2/h4-5,12-13,16H,1-2,6-11H2,3H3/t12-,13-,15-/m1/s1. The van der Waals surface area contributed by atoms with Gasteiger partial charge in [0.2, 0.25) is 0 Å². The molecule has 0 aromatic rings. The second kappa shape index (κ2) is 6.15. The zero-order valence-electron chi connectivity index (χ0n) is 10.8. The van der Waals surface area contributed by atoms with Gasteiger partial charge >= 0.3 is 0 Å². The number of allylic oxidation sites excluding steroid dienone is 2. The predicted molar refractivity (Wildman–Crippen MR) is 70.7 cm³/mol. The molecule has 1 rings (SSSR count). The largest absolute Gasteiger partial charge is 0.396 e. The van der Waals surface area contributed by atoms with Gasteiger partial charge in [-0.1, -0.05) is 19.1 Å². The molecule has 0 aliphatic heterocycles. The summed E-state index contributed by atoms with van der Waals surface area (Å²) in [5, 5.41) is 9.53. The molecule has 1 N–H and O–H groups in total. The van der Waals surface area contributed by atoms with Crippen LogP contribution < -0.4 is 0 Å². The summed E-state index contributed by atoms with van der Waals surface area (Å²) in [6, 6.07) is 0. The van der Waals surface area contributed by atoms with E-state index >= 15 is 0 Å². The topological polar surface area (TPSA) is 37.3 Å². The highest BCUT2D eigenvalue weighted by Gasteiger charge is 2.47. The normalized spacial score (nSPS) is 30.2. The van der Waals surface area contributed by atoms with E-state index in [0.717, 1.165) is 25.7 Å². The van der Waals surface area contributed by atoms with Gasteiger partial charge in [0, 0.05) is 18.4 Å². The Morgan fingerprint density at radius 3 is 2.76 bits per heavy atom. The molecule has 0 bridgehead atoms. The van der Waals surface area contributed by atoms with Crippen LogP contribution in [0.5, 0.6) is 0 Å². The van der Waals surface area contributed by atoms with Crippen molar-refractivity contribution in [3.63, 3.8) is 0 Å². The van der Waals surface area contributed by atoms with Gasteiger partial charge in [-0.15, -0.1) is 13.2 Å². The molecule has 0 aromatic carbocycles. The first kappa shape index (κ1) is 14.2. The average Bonchev–Trinajstić information content (AvgIpc) is 2.59. The molecule has 96 valence electrons. The van der Waals surface area contributed by atoms with E-state index in [9.17, 15) is 9.90 Å². The average molecular weight is 236 g/mol. The third-order valence-corrected chi connectivity index (χ3v) is 4.25. The predicted octanol–water partition coefficient (Wildman–Crippen LogP) is 3.12. The number of Topliss-reactive ketones (excluding diaryl/α,β-unsaturated/α-hetero) is 1. The van der Waals surface area contributed by atoms with Crippen LogP contribution in [0.3, 0.4) is 0 Å². The van der Waals surface area contributed by atoms with Gasteiger partial charge in [0.05, 0.1) is 0 Å². The monoisotopic (exact) mass is 236 g/mol. The van der Waals surface area contributed by atoms with Crippen LogP contribution in [0, 0.1) is 17.3 Å². The zero-order valence-corrected chi connectivity index (χ0v) is 10.8. The first-order valence-corrected chi connectivity index (χ1v) is 6.46. The highest BCUT2D eigenvalue weighted by molar-refractivity contribution is 5.87. The maximum atomic E-state index is 12.0. The number of aliphatic hydroxyl groups excluding tert-OH is 1. The molecule has 1 aliphatic rings. The second-order valence-corrected chi connectivity index (χ2v) is 5.29.